The maximum Gasteiger partial charge on any atom is 0.287 e. The number of hydrogen-bond acceptors (Lipinski definition) is 6. The minimum Gasteiger partial charge on any atom is -0.463 e. The highest BCUT2D eigenvalue weighted by atomic mass is 16.6. The molecule has 2 N–H and O–H groups in total. The summed E-state index contributed by atoms with van der Waals surface area (Å²) in [5, 5.41) is 17.3. The number of furan rings is 1. The molecule has 150 valence electrons. The summed E-state index contributed by atoms with van der Waals surface area (Å²) in [4.78, 5) is 35.5. The van der Waals surface area contributed by atoms with Crippen LogP contribution in [0.5, 0.6) is 0 Å². The second kappa shape index (κ2) is 9.60. The lowest BCUT2D eigenvalue weighted by Crippen LogP contribution is -2.32. The number of nitro groups is 1. The first-order valence-electron chi connectivity index (χ1n) is 8.72. The van der Waals surface area contributed by atoms with Crippen LogP contribution in [0.15, 0.2) is 88.2 Å². The summed E-state index contributed by atoms with van der Waals surface area (Å²) in [5.41, 5.74) is 2.71. The number of nitro benzene ring substituents is 1. The molecule has 30 heavy (non-hydrogen) atoms. The van der Waals surface area contributed by atoms with Crippen molar-refractivity contribution in [3.63, 3.8) is 0 Å². The Morgan fingerprint density at radius 2 is 1.83 bits per heavy atom. The number of hydrazone groups is 1. The molecule has 0 bridgehead atoms. The number of nitrogens with one attached hydrogen (secondary N) is 2. The van der Waals surface area contributed by atoms with Crippen LogP contribution in [0, 0.1) is 10.1 Å². The average Bonchev–Trinajstić information content (AvgIpc) is 3.27. The molecule has 9 heteroatoms. The molecule has 0 spiro atoms. The molecule has 0 fully saturated rings. The zero-order chi connectivity index (χ0) is 21.3. The van der Waals surface area contributed by atoms with Crippen molar-refractivity contribution in [2.75, 3.05) is 0 Å². The average molecular weight is 404 g/mol. The van der Waals surface area contributed by atoms with E-state index in [1.165, 1.54) is 36.8 Å². The number of amides is 2. The van der Waals surface area contributed by atoms with Gasteiger partial charge < -0.3 is 9.73 Å². The van der Waals surface area contributed by atoms with Gasteiger partial charge in [-0.15, -0.1) is 0 Å². The zero-order valence-corrected chi connectivity index (χ0v) is 15.5. The lowest BCUT2D eigenvalue weighted by Gasteiger charge is -2.09. The molecule has 3 rings (SSSR count). The maximum absolute atomic E-state index is 12.6. The predicted octanol–water partition coefficient (Wildman–Crippen LogP) is 3.11. The summed E-state index contributed by atoms with van der Waals surface area (Å²) in [5.74, 6) is -0.807. The van der Waals surface area contributed by atoms with E-state index in [0.29, 0.717) is 16.9 Å². The van der Waals surface area contributed by atoms with Gasteiger partial charge in [0.1, 0.15) is 11.5 Å². The molecule has 0 saturated heterocycles. The Bertz CT molecular complexity index is 1110. The van der Waals surface area contributed by atoms with Crippen LogP contribution in [-0.4, -0.2) is 23.0 Å². The molecule has 1 heterocycles. The van der Waals surface area contributed by atoms with Gasteiger partial charge in [0.05, 0.1) is 17.4 Å². The number of non-ortho nitro benzene ring substituents is 1. The van der Waals surface area contributed by atoms with Gasteiger partial charge in [0.2, 0.25) is 0 Å². The van der Waals surface area contributed by atoms with E-state index < -0.39 is 16.7 Å². The Hall–Kier alpha value is -4.53. The number of carbonyl (C=O) groups excluding carboxylic acids is 2. The molecule has 0 aliphatic rings. The quantitative estimate of drug-likeness (QED) is 0.271. The van der Waals surface area contributed by atoms with Gasteiger partial charge in [-0.25, -0.2) is 5.43 Å². The molecule has 3 aromatic rings. The summed E-state index contributed by atoms with van der Waals surface area (Å²) >= 11 is 0. The van der Waals surface area contributed by atoms with Crippen molar-refractivity contribution in [1.29, 1.82) is 0 Å². The largest absolute Gasteiger partial charge is 0.463 e. The second-order valence-corrected chi connectivity index (χ2v) is 5.94. The van der Waals surface area contributed by atoms with Crippen LogP contribution < -0.4 is 10.7 Å². The van der Waals surface area contributed by atoms with Crippen LogP contribution in [0.4, 0.5) is 5.69 Å². The highest BCUT2D eigenvalue weighted by molar-refractivity contribution is 6.05. The minimum absolute atomic E-state index is 0.138. The van der Waals surface area contributed by atoms with E-state index in [4.69, 9.17) is 4.42 Å². The molecule has 2 aromatic carbocycles. The highest BCUT2D eigenvalue weighted by Gasteiger charge is 2.15. The summed E-state index contributed by atoms with van der Waals surface area (Å²) in [6, 6.07) is 17.3. The van der Waals surface area contributed by atoms with Gasteiger partial charge in [0, 0.05) is 17.7 Å². The van der Waals surface area contributed by atoms with Crippen LogP contribution in [0.2, 0.25) is 0 Å². The molecule has 0 saturated carbocycles. The molecule has 0 atom stereocenters. The fourth-order valence-electron chi connectivity index (χ4n) is 2.42. The van der Waals surface area contributed by atoms with E-state index in [0.717, 1.165) is 0 Å². The van der Waals surface area contributed by atoms with Crippen LogP contribution >= 0.6 is 0 Å². The molecule has 2 amide bonds. The third-order valence-electron chi connectivity index (χ3n) is 3.82. The van der Waals surface area contributed by atoms with Crippen molar-refractivity contribution in [1.82, 2.24) is 10.7 Å². The molecule has 0 unspecified atom stereocenters. The maximum atomic E-state index is 12.6. The van der Waals surface area contributed by atoms with Crippen molar-refractivity contribution in [3.05, 3.63) is 106 Å². The number of benzene rings is 2. The Kier molecular flexibility index (Phi) is 6.47. The van der Waals surface area contributed by atoms with Gasteiger partial charge in [0.25, 0.3) is 17.5 Å². The van der Waals surface area contributed by atoms with Crippen LogP contribution in [-0.2, 0) is 4.79 Å². The number of carbonyl (C=O) groups is 2. The molecular weight excluding hydrogens is 388 g/mol. The Balaban J connectivity index is 1.85. The third kappa shape index (κ3) is 5.49. The first-order valence-corrected chi connectivity index (χ1v) is 8.72. The van der Waals surface area contributed by atoms with Crippen LogP contribution in [0.25, 0.3) is 6.08 Å². The van der Waals surface area contributed by atoms with E-state index in [1.54, 1.807) is 48.5 Å². The standard InChI is InChI=1S/C21H16N4O5/c26-20(16-7-2-1-3-8-16)23-19(13-15-6-4-9-17(12-15)25(28)29)21(27)24-22-14-18-10-5-11-30-18/h1-14H,(H,23,26)(H,24,27). The van der Waals surface area contributed by atoms with Crippen molar-refractivity contribution in [2.24, 2.45) is 5.10 Å². The summed E-state index contributed by atoms with van der Waals surface area (Å²) < 4.78 is 5.08. The molecular formula is C21H16N4O5. The van der Waals surface area contributed by atoms with E-state index in [2.05, 4.69) is 15.8 Å². The lowest BCUT2D eigenvalue weighted by molar-refractivity contribution is -0.384. The molecule has 0 aliphatic carbocycles. The number of hydrogen-bond donors (Lipinski definition) is 2. The summed E-state index contributed by atoms with van der Waals surface area (Å²) in [6.07, 6.45) is 4.07. The smallest absolute Gasteiger partial charge is 0.287 e. The number of nitrogens with zero attached hydrogens (tertiary/aromatic N) is 2. The number of rotatable bonds is 7. The highest BCUT2D eigenvalue weighted by Crippen LogP contribution is 2.15. The normalized spacial score (nSPS) is 11.3. The van der Waals surface area contributed by atoms with Crippen molar-refractivity contribution >= 4 is 29.8 Å². The van der Waals surface area contributed by atoms with Gasteiger partial charge in [-0.05, 0) is 35.9 Å². The van der Waals surface area contributed by atoms with E-state index in [1.807, 2.05) is 0 Å². The Labute approximate surface area is 170 Å². The van der Waals surface area contributed by atoms with Crippen LogP contribution in [0.1, 0.15) is 21.7 Å². The summed E-state index contributed by atoms with van der Waals surface area (Å²) in [6.45, 7) is 0. The summed E-state index contributed by atoms with van der Waals surface area (Å²) in [7, 11) is 0. The minimum atomic E-state index is -0.714. The topological polar surface area (TPSA) is 127 Å². The zero-order valence-electron chi connectivity index (χ0n) is 15.5. The van der Waals surface area contributed by atoms with Crippen molar-refractivity contribution < 1.29 is 18.9 Å². The van der Waals surface area contributed by atoms with E-state index in [9.17, 15) is 19.7 Å². The Morgan fingerprint density at radius 1 is 1.03 bits per heavy atom. The first kappa shape index (κ1) is 20.2. The monoisotopic (exact) mass is 404 g/mol. The molecule has 0 aliphatic heterocycles. The molecule has 0 radical (unpaired) electrons. The van der Waals surface area contributed by atoms with Gasteiger partial charge >= 0.3 is 0 Å². The lowest BCUT2D eigenvalue weighted by atomic mass is 10.1. The second-order valence-electron chi connectivity index (χ2n) is 5.94. The SMILES string of the molecule is O=C(NN=Cc1ccco1)C(=Cc1cccc([N+](=O)[O-])c1)NC(=O)c1ccccc1. The fraction of sp³-hybridized carbons (Fsp3) is 0. The van der Waals surface area contributed by atoms with Gasteiger partial charge in [-0.3, -0.25) is 19.7 Å². The van der Waals surface area contributed by atoms with Crippen molar-refractivity contribution in [3.8, 4) is 0 Å². The molecule has 9 nitrogen and oxygen atoms in total. The fourth-order valence-corrected chi connectivity index (χ4v) is 2.42. The van der Waals surface area contributed by atoms with Gasteiger partial charge in [0.15, 0.2) is 0 Å². The van der Waals surface area contributed by atoms with E-state index in [-0.39, 0.29) is 11.4 Å². The predicted molar refractivity (Wildman–Crippen MR) is 109 cm³/mol. The Morgan fingerprint density at radius 3 is 2.53 bits per heavy atom. The van der Waals surface area contributed by atoms with Crippen molar-refractivity contribution in [2.45, 2.75) is 0 Å². The third-order valence-corrected chi connectivity index (χ3v) is 3.82. The van der Waals surface area contributed by atoms with Gasteiger partial charge in [-0.1, -0.05) is 30.3 Å². The van der Waals surface area contributed by atoms with Crippen LogP contribution in [0.3, 0.4) is 0 Å². The van der Waals surface area contributed by atoms with E-state index >= 15 is 0 Å². The van der Waals surface area contributed by atoms with Gasteiger partial charge in [-0.2, -0.15) is 5.10 Å². The molecule has 1 aromatic heterocycles. The first-order chi connectivity index (χ1) is 14.5.